The third-order valence-electron chi connectivity index (χ3n) is 1.90. The fourth-order valence-corrected chi connectivity index (χ4v) is 1.21. The van der Waals surface area contributed by atoms with Crippen LogP contribution >= 0.6 is 0 Å². The molecule has 0 aliphatic heterocycles. The Bertz CT molecular complexity index is 466. The number of rotatable bonds is 2. The van der Waals surface area contributed by atoms with Crippen LogP contribution in [0.5, 0.6) is 0 Å². The molecule has 0 bridgehead atoms. The summed E-state index contributed by atoms with van der Waals surface area (Å²) >= 11 is 0. The van der Waals surface area contributed by atoms with Crippen molar-refractivity contribution in [3.63, 3.8) is 0 Å². The normalized spacial score (nSPS) is 11.1. The zero-order valence-electron chi connectivity index (χ0n) is 9.78. The molecule has 0 unspecified atom stereocenters. The molecule has 0 heterocycles. The van der Waals surface area contributed by atoms with E-state index in [0.717, 1.165) is 18.2 Å². The number of hydrogen-bond donors (Lipinski definition) is 1. The van der Waals surface area contributed by atoms with Gasteiger partial charge in [-0.2, -0.15) is 0 Å². The van der Waals surface area contributed by atoms with E-state index in [-0.39, 0.29) is 11.3 Å². The highest BCUT2D eigenvalue weighted by Crippen LogP contribution is 2.17. The van der Waals surface area contributed by atoms with Crippen LogP contribution in [-0.4, -0.2) is 16.4 Å². The van der Waals surface area contributed by atoms with Gasteiger partial charge in [-0.15, -0.1) is 0 Å². The van der Waals surface area contributed by atoms with E-state index in [2.05, 4.69) is 5.32 Å². The van der Waals surface area contributed by atoms with Crippen LogP contribution in [0.15, 0.2) is 18.2 Å². The average Bonchev–Trinajstić information content (AvgIpc) is 2.14. The first kappa shape index (κ1) is 13.1. The number of nitrogens with one attached hydrogen (secondary N) is 1. The number of amides is 1. The summed E-state index contributed by atoms with van der Waals surface area (Å²) in [5.74, 6) is -1.49. The molecule has 1 rings (SSSR count). The Balaban J connectivity index is 3.00. The Morgan fingerprint density at radius 1 is 1.41 bits per heavy atom. The van der Waals surface area contributed by atoms with Crippen molar-refractivity contribution in [3.8, 4) is 0 Å². The second-order valence-electron chi connectivity index (χ2n) is 4.63. The molecule has 0 aliphatic rings. The monoisotopic (exact) mass is 240 g/mol. The second kappa shape index (κ2) is 4.48. The van der Waals surface area contributed by atoms with Crippen molar-refractivity contribution < 1.29 is 14.1 Å². The standard InChI is InChI=1S/C11H13FN2O3/c1-11(2,3)13-10(15)8-5-4-7(14(16)17)6-9(8)12/h4-6H,1-3H3,(H,13,15). The van der Waals surface area contributed by atoms with Crippen LogP contribution in [0.3, 0.4) is 0 Å². The first-order chi connectivity index (χ1) is 7.70. The van der Waals surface area contributed by atoms with Gasteiger partial charge in [0.2, 0.25) is 0 Å². The summed E-state index contributed by atoms with van der Waals surface area (Å²) in [6, 6.07) is 2.94. The van der Waals surface area contributed by atoms with Gasteiger partial charge in [-0.25, -0.2) is 4.39 Å². The topological polar surface area (TPSA) is 72.2 Å². The first-order valence-corrected chi connectivity index (χ1v) is 4.97. The van der Waals surface area contributed by atoms with Gasteiger partial charge in [0.25, 0.3) is 11.6 Å². The number of halogens is 1. The summed E-state index contributed by atoms with van der Waals surface area (Å²) in [4.78, 5) is 21.3. The third-order valence-corrected chi connectivity index (χ3v) is 1.90. The number of nitro groups is 1. The number of nitro benzene ring substituents is 1. The lowest BCUT2D eigenvalue weighted by atomic mass is 10.1. The summed E-state index contributed by atoms with van der Waals surface area (Å²) in [5.41, 5.74) is -1.08. The van der Waals surface area contributed by atoms with Gasteiger partial charge in [-0.05, 0) is 26.8 Å². The van der Waals surface area contributed by atoms with Crippen molar-refractivity contribution in [1.29, 1.82) is 0 Å². The third kappa shape index (κ3) is 3.51. The van der Waals surface area contributed by atoms with Crippen molar-refractivity contribution in [1.82, 2.24) is 5.32 Å². The first-order valence-electron chi connectivity index (χ1n) is 4.97. The average molecular weight is 240 g/mol. The number of benzene rings is 1. The van der Waals surface area contributed by atoms with Crippen molar-refractivity contribution in [2.45, 2.75) is 26.3 Å². The van der Waals surface area contributed by atoms with Crippen LogP contribution in [0.1, 0.15) is 31.1 Å². The maximum atomic E-state index is 13.5. The van der Waals surface area contributed by atoms with E-state index in [9.17, 15) is 19.3 Å². The van der Waals surface area contributed by atoms with E-state index in [4.69, 9.17) is 0 Å². The molecule has 0 atom stereocenters. The summed E-state index contributed by atoms with van der Waals surface area (Å²) < 4.78 is 13.5. The molecule has 1 aromatic rings. The minimum atomic E-state index is -0.902. The highest BCUT2D eigenvalue weighted by atomic mass is 19.1. The minimum absolute atomic E-state index is 0.203. The molecule has 0 saturated heterocycles. The zero-order chi connectivity index (χ0) is 13.2. The Kier molecular flexibility index (Phi) is 3.45. The van der Waals surface area contributed by atoms with Crippen molar-refractivity contribution in [2.24, 2.45) is 0 Å². The molecule has 1 aromatic carbocycles. The van der Waals surface area contributed by atoms with Gasteiger partial charge in [0.15, 0.2) is 0 Å². The molecular formula is C11H13FN2O3. The quantitative estimate of drug-likeness (QED) is 0.636. The fourth-order valence-electron chi connectivity index (χ4n) is 1.21. The van der Waals surface area contributed by atoms with Gasteiger partial charge in [-0.3, -0.25) is 14.9 Å². The molecule has 0 spiro atoms. The zero-order valence-corrected chi connectivity index (χ0v) is 9.78. The molecule has 6 heteroatoms. The van der Waals surface area contributed by atoms with Gasteiger partial charge in [0.05, 0.1) is 16.6 Å². The van der Waals surface area contributed by atoms with Crippen LogP contribution in [0.25, 0.3) is 0 Å². The highest BCUT2D eigenvalue weighted by Gasteiger charge is 2.20. The molecule has 0 saturated carbocycles. The van der Waals surface area contributed by atoms with Gasteiger partial charge in [0.1, 0.15) is 5.82 Å². The fraction of sp³-hybridized carbons (Fsp3) is 0.364. The lowest BCUT2D eigenvalue weighted by Crippen LogP contribution is -2.40. The molecule has 0 aromatic heterocycles. The Hall–Kier alpha value is -1.98. The SMILES string of the molecule is CC(C)(C)NC(=O)c1ccc([N+](=O)[O-])cc1F. The predicted molar refractivity (Wildman–Crippen MR) is 60.3 cm³/mol. The molecule has 92 valence electrons. The number of non-ortho nitro benzene ring substituents is 1. The van der Waals surface area contributed by atoms with Crippen molar-refractivity contribution in [3.05, 3.63) is 39.7 Å². The molecule has 0 radical (unpaired) electrons. The lowest BCUT2D eigenvalue weighted by molar-refractivity contribution is -0.385. The maximum absolute atomic E-state index is 13.5. The van der Waals surface area contributed by atoms with E-state index >= 15 is 0 Å². The summed E-state index contributed by atoms with van der Waals surface area (Å²) in [5, 5.41) is 13.0. The van der Waals surface area contributed by atoms with Crippen molar-refractivity contribution >= 4 is 11.6 Å². The van der Waals surface area contributed by atoms with E-state index < -0.39 is 22.2 Å². The van der Waals surface area contributed by atoms with Crippen LogP contribution < -0.4 is 5.32 Å². The van der Waals surface area contributed by atoms with Crippen LogP contribution in [0.4, 0.5) is 10.1 Å². The molecule has 0 aliphatic carbocycles. The molecule has 17 heavy (non-hydrogen) atoms. The molecular weight excluding hydrogens is 227 g/mol. The summed E-state index contributed by atoms with van der Waals surface area (Å²) in [6.45, 7) is 5.27. The largest absolute Gasteiger partial charge is 0.347 e. The number of carbonyl (C=O) groups excluding carboxylic acids is 1. The lowest BCUT2D eigenvalue weighted by Gasteiger charge is -2.20. The number of carbonyl (C=O) groups is 1. The van der Waals surface area contributed by atoms with Gasteiger partial charge >= 0.3 is 0 Å². The highest BCUT2D eigenvalue weighted by molar-refractivity contribution is 5.95. The van der Waals surface area contributed by atoms with E-state index in [1.165, 1.54) is 0 Å². The van der Waals surface area contributed by atoms with Crippen LogP contribution in [0, 0.1) is 15.9 Å². The molecule has 5 nitrogen and oxygen atoms in total. The summed E-state index contributed by atoms with van der Waals surface area (Å²) in [7, 11) is 0. The second-order valence-corrected chi connectivity index (χ2v) is 4.63. The van der Waals surface area contributed by atoms with Gasteiger partial charge in [0, 0.05) is 11.6 Å². The summed E-state index contributed by atoms with van der Waals surface area (Å²) in [6.07, 6.45) is 0. The Morgan fingerprint density at radius 2 is 2.00 bits per heavy atom. The molecule has 1 amide bonds. The smallest absolute Gasteiger partial charge is 0.272 e. The van der Waals surface area contributed by atoms with Gasteiger partial charge < -0.3 is 5.32 Å². The van der Waals surface area contributed by atoms with Crippen molar-refractivity contribution in [2.75, 3.05) is 0 Å². The maximum Gasteiger partial charge on any atom is 0.272 e. The Labute approximate surface area is 97.8 Å². The Morgan fingerprint density at radius 3 is 2.41 bits per heavy atom. The van der Waals surface area contributed by atoms with Gasteiger partial charge in [-0.1, -0.05) is 0 Å². The molecule has 1 N–H and O–H groups in total. The van der Waals surface area contributed by atoms with Crippen LogP contribution in [-0.2, 0) is 0 Å². The predicted octanol–water partition coefficient (Wildman–Crippen LogP) is 2.26. The number of hydrogen-bond acceptors (Lipinski definition) is 3. The number of nitrogens with zero attached hydrogens (tertiary/aromatic N) is 1. The minimum Gasteiger partial charge on any atom is -0.347 e. The molecule has 0 fully saturated rings. The van der Waals surface area contributed by atoms with E-state index in [1.54, 1.807) is 20.8 Å². The van der Waals surface area contributed by atoms with E-state index in [0.29, 0.717) is 0 Å². The van der Waals surface area contributed by atoms with Crippen LogP contribution in [0.2, 0.25) is 0 Å². The van der Waals surface area contributed by atoms with E-state index in [1.807, 2.05) is 0 Å².